The fourth-order valence-electron chi connectivity index (χ4n) is 0.922. The lowest BCUT2D eigenvalue weighted by molar-refractivity contribution is 0.343. The summed E-state index contributed by atoms with van der Waals surface area (Å²) in [7, 11) is 1.58. The molecule has 4 heteroatoms. The van der Waals surface area contributed by atoms with Crippen LogP contribution in [0, 0.1) is 0 Å². The molecule has 1 rings (SSSR count). The fourth-order valence-corrected chi connectivity index (χ4v) is 1.37. The number of aliphatic hydroxyl groups excluding tert-OH is 1. The number of aliphatic hydroxyl groups is 1. The molecule has 13 heavy (non-hydrogen) atoms. The molecule has 0 aliphatic rings. The molecule has 1 N–H and O–H groups in total. The van der Waals surface area contributed by atoms with Gasteiger partial charge in [0.25, 0.3) is 0 Å². The van der Waals surface area contributed by atoms with Gasteiger partial charge in [-0.3, -0.25) is 4.98 Å². The van der Waals surface area contributed by atoms with Crippen LogP contribution in [0.4, 0.5) is 0 Å². The predicted octanol–water partition coefficient (Wildman–Crippen LogP) is 1.86. The molecule has 0 saturated heterocycles. The lowest BCUT2D eigenvalue weighted by Crippen LogP contribution is -1.89. The van der Waals surface area contributed by atoms with Crippen LogP contribution in [-0.4, -0.2) is 23.8 Å². The van der Waals surface area contributed by atoms with Gasteiger partial charge >= 0.3 is 0 Å². The van der Waals surface area contributed by atoms with Crippen LogP contribution in [0.25, 0.3) is 6.08 Å². The quantitative estimate of drug-likeness (QED) is 0.882. The van der Waals surface area contributed by atoms with Crippen LogP contribution in [0.15, 0.2) is 22.9 Å². The van der Waals surface area contributed by atoms with Crippen molar-refractivity contribution in [3.05, 3.63) is 28.5 Å². The Kier molecular flexibility index (Phi) is 3.92. The van der Waals surface area contributed by atoms with Gasteiger partial charge in [0, 0.05) is 16.2 Å². The maximum Gasteiger partial charge on any atom is 0.145 e. The van der Waals surface area contributed by atoms with E-state index < -0.39 is 0 Å². The van der Waals surface area contributed by atoms with Crippen molar-refractivity contribution < 1.29 is 9.84 Å². The van der Waals surface area contributed by atoms with Crippen molar-refractivity contribution in [3.8, 4) is 5.75 Å². The van der Waals surface area contributed by atoms with Crippen molar-refractivity contribution in [1.29, 1.82) is 0 Å². The van der Waals surface area contributed by atoms with E-state index in [4.69, 9.17) is 9.84 Å². The van der Waals surface area contributed by atoms with Gasteiger partial charge in [-0.15, -0.1) is 0 Å². The summed E-state index contributed by atoms with van der Waals surface area (Å²) in [5, 5.41) is 8.62. The monoisotopic (exact) mass is 243 g/mol. The van der Waals surface area contributed by atoms with E-state index in [2.05, 4.69) is 20.9 Å². The zero-order valence-electron chi connectivity index (χ0n) is 7.20. The summed E-state index contributed by atoms with van der Waals surface area (Å²) in [4.78, 5) is 3.96. The molecule has 0 atom stereocenters. The van der Waals surface area contributed by atoms with Crippen LogP contribution < -0.4 is 4.74 Å². The topological polar surface area (TPSA) is 42.4 Å². The van der Waals surface area contributed by atoms with E-state index >= 15 is 0 Å². The number of hydrogen-bond donors (Lipinski definition) is 1. The van der Waals surface area contributed by atoms with Gasteiger partial charge in [0.05, 0.1) is 19.9 Å². The molecule has 1 heterocycles. The minimum absolute atomic E-state index is 0.0118. The van der Waals surface area contributed by atoms with E-state index in [9.17, 15) is 0 Å². The zero-order valence-corrected chi connectivity index (χ0v) is 8.78. The van der Waals surface area contributed by atoms with Crippen molar-refractivity contribution in [2.45, 2.75) is 0 Å². The van der Waals surface area contributed by atoms with E-state index in [-0.39, 0.29) is 6.61 Å². The highest BCUT2D eigenvalue weighted by Crippen LogP contribution is 2.26. The van der Waals surface area contributed by atoms with Crippen molar-refractivity contribution in [3.63, 3.8) is 0 Å². The summed E-state index contributed by atoms with van der Waals surface area (Å²) >= 11 is 3.34. The van der Waals surface area contributed by atoms with Crippen LogP contribution in [0.5, 0.6) is 5.75 Å². The highest BCUT2D eigenvalue weighted by molar-refractivity contribution is 9.10. The average molecular weight is 244 g/mol. The van der Waals surface area contributed by atoms with E-state index in [1.807, 2.05) is 0 Å². The maximum atomic E-state index is 8.62. The molecular weight excluding hydrogens is 234 g/mol. The Bertz CT molecular complexity index is 312. The molecule has 0 bridgehead atoms. The lowest BCUT2D eigenvalue weighted by atomic mass is 10.2. The number of aromatic nitrogens is 1. The highest BCUT2D eigenvalue weighted by Gasteiger charge is 2.03. The van der Waals surface area contributed by atoms with Crippen LogP contribution in [-0.2, 0) is 0 Å². The molecule has 0 saturated carbocycles. The third-order valence-electron chi connectivity index (χ3n) is 1.51. The highest BCUT2D eigenvalue weighted by atomic mass is 79.9. The Morgan fingerprint density at radius 1 is 1.62 bits per heavy atom. The molecule has 70 valence electrons. The standard InChI is InChI=1S/C9H10BrNO2/c1-13-9-6-11-5-8(10)7(9)3-2-4-12/h2-3,5-6,12H,4H2,1H3/b3-2+. The van der Waals surface area contributed by atoms with E-state index in [1.54, 1.807) is 31.7 Å². The van der Waals surface area contributed by atoms with Gasteiger partial charge in [0.2, 0.25) is 0 Å². The van der Waals surface area contributed by atoms with Crippen molar-refractivity contribution in [2.24, 2.45) is 0 Å². The molecule has 1 aromatic rings. The molecule has 0 unspecified atom stereocenters. The smallest absolute Gasteiger partial charge is 0.145 e. The number of methoxy groups -OCH3 is 1. The van der Waals surface area contributed by atoms with Crippen LogP contribution >= 0.6 is 15.9 Å². The number of nitrogens with zero attached hydrogens (tertiary/aromatic N) is 1. The SMILES string of the molecule is COc1cncc(Br)c1/C=C/CO. The van der Waals surface area contributed by atoms with Crippen LogP contribution in [0.3, 0.4) is 0 Å². The van der Waals surface area contributed by atoms with Crippen molar-refractivity contribution in [2.75, 3.05) is 13.7 Å². The summed E-state index contributed by atoms with van der Waals surface area (Å²) in [5.74, 6) is 0.680. The molecule has 0 aliphatic carbocycles. The first-order chi connectivity index (χ1) is 6.29. The van der Waals surface area contributed by atoms with Gasteiger partial charge in [-0.25, -0.2) is 0 Å². The Labute approximate surface area is 85.2 Å². The summed E-state index contributed by atoms with van der Waals surface area (Å²) in [6, 6.07) is 0. The number of hydrogen-bond acceptors (Lipinski definition) is 3. The fraction of sp³-hybridized carbons (Fsp3) is 0.222. The molecule has 0 radical (unpaired) electrons. The normalized spacial score (nSPS) is 10.7. The molecule has 1 aromatic heterocycles. The average Bonchev–Trinajstić information content (AvgIpc) is 2.15. The third-order valence-corrected chi connectivity index (χ3v) is 2.14. The minimum Gasteiger partial charge on any atom is -0.494 e. The number of ether oxygens (including phenoxy) is 1. The first kappa shape index (κ1) is 10.2. The Morgan fingerprint density at radius 3 is 3.00 bits per heavy atom. The van der Waals surface area contributed by atoms with Gasteiger partial charge in [-0.1, -0.05) is 12.2 Å². The van der Waals surface area contributed by atoms with E-state index in [1.165, 1.54) is 0 Å². The zero-order chi connectivity index (χ0) is 9.68. The lowest BCUT2D eigenvalue weighted by Gasteiger charge is -2.04. The molecule has 0 aliphatic heterocycles. The molecule has 0 fully saturated rings. The maximum absolute atomic E-state index is 8.62. The second kappa shape index (κ2) is 4.99. The largest absolute Gasteiger partial charge is 0.494 e. The summed E-state index contributed by atoms with van der Waals surface area (Å²) in [6.07, 6.45) is 6.73. The molecule has 3 nitrogen and oxygen atoms in total. The first-order valence-corrected chi connectivity index (χ1v) is 4.53. The minimum atomic E-state index is 0.0118. The van der Waals surface area contributed by atoms with Gasteiger partial charge in [0.1, 0.15) is 5.75 Å². The Morgan fingerprint density at radius 2 is 2.38 bits per heavy atom. The third kappa shape index (κ3) is 2.54. The van der Waals surface area contributed by atoms with Crippen LogP contribution in [0.2, 0.25) is 0 Å². The summed E-state index contributed by atoms with van der Waals surface area (Å²) in [5.41, 5.74) is 0.881. The second-order valence-corrected chi connectivity index (χ2v) is 3.18. The van der Waals surface area contributed by atoms with Gasteiger partial charge in [0.15, 0.2) is 0 Å². The Balaban J connectivity index is 3.07. The van der Waals surface area contributed by atoms with E-state index in [0.29, 0.717) is 5.75 Å². The van der Waals surface area contributed by atoms with Gasteiger partial charge in [-0.05, 0) is 15.9 Å². The van der Waals surface area contributed by atoms with Crippen LogP contribution in [0.1, 0.15) is 5.56 Å². The predicted molar refractivity (Wildman–Crippen MR) is 54.6 cm³/mol. The number of rotatable bonds is 3. The van der Waals surface area contributed by atoms with Crippen molar-refractivity contribution in [1.82, 2.24) is 4.98 Å². The number of halogens is 1. The summed E-state index contributed by atoms with van der Waals surface area (Å²) in [6.45, 7) is 0.0118. The van der Waals surface area contributed by atoms with Crippen molar-refractivity contribution >= 4 is 22.0 Å². The molecular formula is C9H10BrNO2. The molecule has 0 aromatic carbocycles. The number of pyridine rings is 1. The first-order valence-electron chi connectivity index (χ1n) is 3.74. The molecule has 0 amide bonds. The molecule has 0 spiro atoms. The van der Waals surface area contributed by atoms with Gasteiger partial charge < -0.3 is 9.84 Å². The summed E-state index contributed by atoms with van der Waals surface area (Å²) < 4.78 is 5.94. The van der Waals surface area contributed by atoms with E-state index in [0.717, 1.165) is 10.0 Å². The van der Waals surface area contributed by atoms with Gasteiger partial charge in [-0.2, -0.15) is 0 Å². The Hall–Kier alpha value is -0.870. The second-order valence-electron chi connectivity index (χ2n) is 2.32.